The molecule has 0 aromatic rings. The van der Waals surface area contributed by atoms with Crippen LogP contribution in [0.2, 0.25) is 0 Å². The van der Waals surface area contributed by atoms with Gasteiger partial charge in [-0.25, -0.2) is 0 Å². The molecule has 1 fully saturated rings. The van der Waals surface area contributed by atoms with Crippen molar-refractivity contribution in [3.63, 3.8) is 0 Å². The fourth-order valence-corrected chi connectivity index (χ4v) is 2.34. The molecule has 1 aliphatic heterocycles. The highest BCUT2D eigenvalue weighted by molar-refractivity contribution is 5.88. The van der Waals surface area contributed by atoms with Gasteiger partial charge in [0.1, 0.15) is 6.04 Å². The molecule has 0 aromatic heterocycles. The molecule has 0 spiro atoms. The predicted octanol–water partition coefficient (Wildman–Crippen LogP) is 0.911. The highest BCUT2D eigenvalue weighted by Gasteiger charge is 2.31. The lowest BCUT2D eigenvalue weighted by Crippen LogP contribution is -2.49. The van der Waals surface area contributed by atoms with Crippen LogP contribution in [0.5, 0.6) is 0 Å². The molecule has 1 aliphatic rings. The van der Waals surface area contributed by atoms with Crippen molar-refractivity contribution in [2.24, 2.45) is 5.92 Å². The molecular formula is C14H26N2O3. The van der Waals surface area contributed by atoms with Crippen LogP contribution < -0.4 is 5.32 Å². The van der Waals surface area contributed by atoms with E-state index in [0.29, 0.717) is 19.4 Å². The predicted molar refractivity (Wildman–Crippen MR) is 73.5 cm³/mol. The summed E-state index contributed by atoms with van der Waals surface area (Å²) in [5.41, 5.74) is 0. The third kappa shape index (κ3) is 4.20. The maximum atomic E-state index is 12.1. The summed E-state index contributed by atoms with van der Waals surface area (Å²) >= 11 is 0. The molecule has 0 saturated carbocycles. The Hall–Kier alpha value is -1.10. The van der Waals surface area contributed by atoms with Gasteiger partial charge >= 0.3 is 0 Å². The smallest absolute Gasteiger partial charge is 0.242 e. The lowest BCUT2D eigenvalue weighted by Gasteiger charge is -2.26. The van der Waals surface area contributed by atoms with Gasteiger partial charge in [-0.15, -0.1) is 0 Å². The van der Waals surface area contributed by atoms with Crippen molar-refractivity contribution in [2.45, 2.75) is 58.6 Å². The summed E-state index contributed by atoms with van der Waals surface area (Å²) in [6.45, 7) is 6.79. The van der Waals surface area contributed by atoms with Crippen LogP contribution in [0.1, 0.15) is 46.5 Å². The van der Waals surface area contributed by atoms with E-state index in [9.17, 15) is 14.7 Å². The molecule has 5 nitrogen and oxygen atoms in total. The number of aliphatic hydroxyl groups is 1. The molecule has 5 heteroatoms. The summed E-state index contributed by atoms with van der Waals surface area (Å²) in [7, 11) is 0. The zero-order valence-electron chi connectivity index (χ0n) is 12.2. The largest absolute Gasteiger partial charge is 0.391 e. The lowest BCUT2D eigenvalue weighted by molar-refractivity contribution is -0.137. The van der Waals surface area contributed by atoms with Crippen LogP contribution in [0.15, 0.2) is 0 Å². The second-order valence-corrected chi connectivity index (χ2v) is 5.31. The van der Waals surface area contributed by atoms with Crippen molar-refractivity contribution in [3.05, 3.63) is 0 Å². The number of nitrogens with zero attached hydrogens (tertiary/aromatic N) is 1. The van der Waals surface area contributed by atoms with Gasteiger partial charge in [-0.2, -0.15) is 0 Å². The number of carbonyl (C=O) groups is 2. The fourth-order valence-electron chi connectivity index (χ4n) is 2.34. The number of amides is 2. The van der Waals surface area contributed by atoms with E-state index >= 15 is 0 Å². The minimum Gasteiger partial charge on any atom is -0.391 e. The molecule has 2 N–H and O–H groups in total. The minimum absolute atomic E-state index is 0.0597. The van der Waals surface area contributed by atoms with Crippen LogP contribution in [0, 0.1) is 5.92 Å². The summed E-state index contributed by atoms with van der Waals surface area (Å²) in [6, 6.07) is -0.390. The quantitative estimate of drug-likeness (QED) is 0.722. The van der Waals surface area contributed by atoms with E-state index in [-0.39, 0.29) is 30.3 Å². The Balaban J connectivity index is 2.48. The first kappa shape index (κ1) is 16.0. The Labute approximate surface area is 115 Å². The van der Waals surface area contributed by atoms with Crippen molar-refractivity contribution in [1.82, 2.24) is 10.2 Å². The van der Waals surface area contributed by atoms with E-state index in [1.807, 2.05) is 20.8 Å². The molecule has 1 heterocycles. The third-order valence-electron chi connectivity index (χ3n) is 3.96. The van der Waals surface area contributed by atoms with E-state index in [0.717, 1.165) is 12.8 Å². The van der Waals surface area contributed by atoms with E-state index in [1.54, 1.807) is 4.90 Å². The van der Waals surface area contributed by atoms with Gasteiger partial charge < -0.3 is 15.3 Å². The number of hydrogen-bond donors (Lipinski definition) is 2. The van der Waals surface area contributed by atoms with Gasteiger partial charge in [0.25, 0.3) is 0 Å². The monoisotopic (exact) mass is 270 g/mol. The molecule has 0 aromatic carbocycles. The molecule has 3 atom stereocenters. The highest BCUT2D eigenvalue weighted by atomic mass is 16.3. The zero-order valence-corrected chi connectivity index (χ0v) is 12.2. The van der Waals surface area contributed by atoms with Crippen molar-refractivity contribution in [3.8, 4) is 0 Å². The van der Waals surface area contributed by atoms with E-state index in [1.165, 1.54) is 0 Å². The fraction of sp³-hybridized carbons (Fsp3) is 0.857. The molecule has 1 rings (SSSR count). The van der Waals surface area contributed by atoms with Crippen LogP contribution in [0.3, 0.4) is 0 Å². The first-order valence-electron chi connectivity index (χ1n) is 7.26. The average molecular weight is 270 g/mol. The molecule has 0 bridgehead atoms. The third-order valence-corrected chi connectivity index (χ3v) is 3.96. The Morgan fingerprint density at radius 1 is 1.42 bits per heavy atom. The Morgan fingerprint density at radius 2 is 2.11 bits per heavy atom. The first-order valence-corrected chi connectivity index (χ1v) is 7.26. The zero-order chi connectivity index (χ0) is 14.4. The standard InChI is InChI=1S/C14H26N2O3/c1-4-10(3)12(17)9-15-14(19)11(5-2)16-8-6-7-13(16)18/h10-12,17H,4-9H2,1-3H3,(H,15,19). The summed E-state index contributed by atoms with van der Waals surface area (Å²) in [4.78, 5) is 25.4. The van der Waals surface area contributed by atoms with Crippen LogP contribution in [0.25, 0.3) is 0 Å². The van der Waals surface area contributed by atoms with Gasteiger partial charge in [-0.05, 0) is 18.8 Å². The molecule has 0 radical (unpaired) electrons. The summed E-state index contributed by atoms with van der Waals surface area (Å²) in [6.07, 6.45) is 2.33. The normalized spacial score (nSPS) is 20.2. The number of likely N-dealkylation sites (tertiary alicyclic amines) is 1. The summed E-state index contributed by atoms with van der Waals surface area (Å²) < 4.78 is 0. The second kappa shape index (κ2) is 7.48. The molecule has 19 heavy (non-hydrogen) atoms. The Kier molecular flexibility index (Phi) is 6.28. The summed E-state index contributed by atoms with van der Waals surface area (Å²) in [5.74, 6) is 0.0679. The maximum absolute atomic E-state index is 12.1. The molecule has 110 valence electrons. The first-order chi connectivity index (χ1) is 9.01. The number of rotatable bonds is 7. The lowest BCUT2D eigenvalue weighted by atomic mass is 10.0. The van der Waals surface area contributed by atoms with Gasteiger partial charge in [-0.1, -0.05) is 27.2 Å². The number of aliphatic hydroxyl groups excluding tert-OH is 1. The van der Waals surface area contributed by atoms with Crippen LogP contribution in [0.4, 0.5) is 0 Å². The maximum Gasteiger partial charge on any atom is 0.242 e. The van der Waals surface area contributed by atoms with E-state index in [2.05, 4.69) is 5.32 Å². The van der Waals surface area contributed by atoms with Crippen molar-refractivity contribution in [1.29, 1.82) is 0 Å². The summed E-state index contributed by atoms with van der Waals surface area (Å²) in [5, 5.41) is 12.6. The molecule has 3 unspecified atom stereocenters. The van der Waals surface area contributed by atoms with Gasteiger partial charge in [-0.3, -0.25) is 9.59 Å². The van der Waals surface area contributed by atoms with E-state index in [4.69, 9.17) is 0 Å². The van der Waals surface area contributed by atoms with Gasteiger partial charge in [0, 0.05) is 19.5 Å². The molecule has 1 saturated heterocycles. The van der Waals surface area contributed by atoms with Gasteiger partial charge in [0.05, 0.1) is 6.10 Å². The second-order valence-electron chi connectivity index (χ2n) is 5.31. The SMILES string of the molecule is CCC(C)C(O)CNC(=O)C(CC)N1CCCC1=O. The Bertz CT molecular complexity index is 320. The van der Waals surface area contributed by atoms with Crippen molar-refractivity contribution < 1.29 is 14.7 Å². The van der Waals surface area contributed by atoms with Crippen LogP contribution in [-0.2, 0) is 9.59 Å². The van der Waals surface area contributed by atoms with E-state index < -0.39 is 6.10 Å². The average Bonchev–Trinajstić information content (AvgIpc) is 2.82. The molecular weight excluding hydrogens is 244 g/mol. The number of carbonyl (C=O) groups excluding carboxylic acids is 2. The van der Waals surface area contributed by atoms with Crippen LogP contribution in [-0.4, -0.2) is 47.1 Å². The molecule has 0 aliphatic carbocycles. The van der Waals surface area contributed by atoms with Crippen LogP contribution >= 0.6 is 0 Å². The van der Waals surface area contributed by atoms with Gasteiger partial charge in [0.15, 0.2) is 0 Å². The van der Waals surface area contributed by atoms with Crippen molar-refractivity contribution in [2.75, 3.05) is 13.1 Å². The molecule has 2 amide bonds. The van der Waals surface area contributed by atoms with Crippen molar-refractivity contribution >= 4 is 11.8 Å². The number of hydrogen-bond acceptors (Lipinski definition) is 3. The minimum atomic E-state index is -0.527. The highest BCUT2D eigenvalue weighted by Crippen LogP contribution is 2.16. The van der Waals surface area contributed by atoms with Gasteiger partial charge in [0.2, 0.25) is 11.8 Å². The Morgan fingerprint density at radius 3 is 2.58 bits per heavy atom. The topological polar surface area (TPSA) is 69.6 Å². The number of nitrogens with one attached hydrogen (secondary N) is 1.